The Labute approximate surface area is 180 Å². The van der Waals surface area contributed by atoms with Crippen molar-refractivity contribution in [2.45, 2.75) is 58.0 Å². The minimum Gasteiger partial charge on any atom is -0.450 e. The summed E-state index contributed by atoms with van der Waals surface area (Å²) in [5.74, 6) is -1.55. The maximum atomic E-state index is 14.8. The quantitative estimate of drug-likeness (QED) is 0.747. The Bertz CT molecular complexity index is 897. The van der Waals surface area contributed by atoms with Gasteiger partial charge in [-0.2, -0.15) is 5.10 Å². The van der Waals surface area contributed by atoms with Gasteiger partial charge in [0.05, 0.1) is 13.2 Å². The summed E-state index contributed by atoms with van der Waals surface area (Å²) in [6.45, 7) is 8.45. The molecule has 1 aliphatic heterocycles. The lowest BCUT2D eigenvalue weighted by atomic mass is 9.84. The molecule has 1 saturated heterocycles. The number of hydrogen-bond acceptors (Lipinski definition) is 6. The van der Waals surface area contributed by atoms with Gasteiger partial charge >= 0.3 is 6.09 Å². The van der Waals surface area contributed by atoms with E-state index >= 15 is 0 Å². The molecule has 0 bridgehead atoms. The second-order valence-electron chi connectivity index (χ2n) is 8.06. The molecule has 8 nitrogen and oxygen atoms in total. The lowest BCUT2D eigenvalue weighted by Gasteiger charge is -2.50. The van der Waals surface area contributed by atoms with Crippen LogP contribution in [0.3, 0.4) is 0 Å². The van der Waals surface area contributed by atoms with Gasteiger partial charge in [0.25, 0.3) is 0 Å². The van der Waals surface area contributed by atoms with Crippen molar-refractivity contribution in [3.05, 3.63) is 48.1 Å². The van der Waals surface area contributed by atoms with Crippen LogP contribution in [0.2, 0.25) is 0 Å². The van der Waals surface area contributed by atoms with Crippen LogP contribution >= 0.6 is 0 Å². The molecule has 1 aliphatic rings. The van der Waals surface area contributed by atoms with Crippen LogP contribution in [-0.4, -0.2) is 73.6 Å². The largest absolute Gasteiger partial charge is 0.450 e. The van der Waals surface area contributed by atoms with Crippen molar-refractivity contribution in [2.24, 2.45) is 0 Å². The first kappa shape index (κ1) is 23.1. The van der Waals surface area contributed by atoms with E-state index in [9.17, 15) is 18.7 Å². The predicted octanol–water partition coefficient (Wildman–Crippen LogP) is 2.38. The number of aromatic nitrogens is 3. The molecular weight excluding hydrogens is 408 g/mol. The van der Waals surface area contributed by atoms with Gasteiger partial charge < -0.3 is 14.7 Å². The number of hydrogen-bond donors (Lipinski definition) is 1. The summed E-state index contributed by atoms with van der Waals surface area (Å²) in [5.41, 5.74) is -1.75. The number of aliphatic hydroxyl groups is 1. The van der Waals surface area contributed by atoms with E-state index in [-0.39, 0.29) is 36.9 Å². The summed E-state index contributed by atoms with van der Waals surface area (Å²) in [4.78, 5) is 19.9. The molecular formula is C21H29F2N5O3. The van der Waals surface area contributed by atoms with Gasteiger partial charge in [-0.25, -0.2) is 23.2 Å². The predicted molar refractivity (Wildman–Crippen MR) is 109 cm³/mol. The molecule has 4 atom stereocenters. The van der Waals surface area contributed by atoms with Gasteiger partial charge in [-0.05, 0) is 33.8 Å². The zero-order chi connectivity index (χ0) is 22.8. The first-order valence-corrected chi connectivity index (χ1v) is 10.4. The normalized spacial score (nSPS) is 22.7. The fourth-order valence-electron chi connectivity index (χ4n) is 4.27. The summed E-state index contributed by atoms with van der Waals surface area (Å²) in [5, 5.41) is 15.9. The Hall–Kier alpha value is -2.59. The number of ether oxygens (including phenoxy) is 1. The first-order valence-electron chi connectivity index (χ1n) is 10.4. The van der Waals surface area contributed by atoms with E-state index in [1.54, 1.807) is 18.7 Å². The summed E-state index contributed by atoms with van der Waals surface area (Å²) < 4.78 is 34.9. The highest BCUT2D eigenvalue weighted by atomic mass is 19.1. The van der Waals surface area contributed by atoms with Crippen molar-refractivity contribution < 1.29 is 23.4 Å². The van der Waals surface area contributed by atoms with Crippen LogP contribution in [0.5, 0.6) is 0 Å². The van der Waals surface area contributed by atoms with E-state index in [1.807, 2.05) is 18.7 Å². The van der Waals surface area contributed by atoms with Crippen LogP contribution in [0.4, 0.5) is 13.6 Å². The third-order valence-corrected chi connectivity index (χ3v) is 5.99. The average molecular weight is 437 g/mol. The smallest absolute Gasteiger partial charge is 0.410 e. The minimum atomic E-state index is -1.73. The molecule has 1 N–H and O–H groups in total. The molecule has 0 spiro atoms. The van der Waals surface area contributed by atoms with Gasteiger partial charge in [-0.3, -0.25) is 4.90 Å². The van der Waals surface area contributed by atoms with E-state index in [2.05, 4.69) is 10.1 Å². The van der Waals surface area contributed by atoms with E-state index < -0.39 is 23.3 Å². The molecule has 2 unspecified atom stereocenters. The van der Waals surface area contributed by atoms with Crippen molar-refractivity contribution in [3.8, 4) is 0 Å². The van der Waals surface area contributed by atoms with Crippen LogP contribution < -0.4 is 0 Å². The Morgan fingerprint density at radius 2 is 2.06 bits per heavy atom. The summed E-state index contributed by atoms with van der Waals surface area (Å²) >= 11 is 0. The monoisotopic (exact) mass is 437 g/mol. The topological polar surface area (TPSA) is 83.7 Å². The third kappa shape index (κ3) is 4.69. The third-order valence-electron chi connectivity index (χ3n) is 5.99. The number of rotatable bonds is 6. The second-order valence-corrected chi connectivity index (χ2v) is 8.06. The van der Waals surface area contributed by atoms with E-state index in [0.717, 1.165) is 12.1 Å². The van der Waals surface area contributed by atoms with Gasteiger partial charge in [-0.15, -0.1) is 0 Å². The highest BCUT2D eigenvalue weighted by molar-refractivity contribution is 5.68. The van der Waals surface area contributed by atoms with Crippen molar-refractivity contribution in [1.82, 2.24) is 24.6 Å². The number of amides is 1. The van der Waals surface area contributed by atoms with E-state index in [0.29, 0.717) is 13.1 Å². The zero-order valence-electron chi connectivity index (χ0n) is 18.2. The molecule has 170 valence electrons. The lowest BCUT2D eigenvalue weighted by molar-refractivity contribution is -0.0936. The van der Waals surface area contributed by atoms with Crippen LogP contribution in [0.15, 0.2) is 30.9 Å². The number of piperazine rings is 1. The Morgan fingerprint density at radius 1 is 1.32 bits per heavy atom. The van der Waals surface area contributed by atoms with Crippen molar-refractivity contribution in [2.75, 3.05) is 19.7 Å². The number of carbonyl (C=O) groups is 1. The zero-order valence-corrected chi connectivity index (χ0v) is 18.2. The molecule has 2 aromatic rings. The summed E-state index contributed by atoms with van der Waals surface area (Å²) in [6, 6.07) is 2.26. The molecule has 0 radical (unpaired) electrons. The molecule has 0 aliphatic carbocycles. The average Bonchev–Trinajstić information content (AvgIpc) is 3.21. The van der Waals surface area contributed by atoms with Gasteiger partial charge in [0.15, 0.2) is 0 Å². The van der Waals surface area contributed by atoms with Gasteiger partial charge in [-0.1, -0.05) is 6.07 Å². The highest BCUT2D eigenvalue weighted by Gasteiger charge is 2.46. The van der Waals surface area contributed by atoms with Crippen molar-refractivity contribution >= 4 is 6.09 Å². The standard InChI is InChI=1S/C21H29F2N5O3/c1-5-31-20(29)28-10-14(2)27(9-15(28)3)16(4)21(30,11-26-13-24-12-25-26)18-7-6-17(22)8-19(18)23/h6-8,12-16,30H,5,9-11H2,1-4H3/t14?,15?,16-,21-/m1/s1. The number of benzene rings is 1. The van der Waals surface area contributed by atoms with Gasteiger partial charge in [0.1, 0.15) is 29.9 Å². The minimum absolute atomic E-state index is 0.0235. The maximum absolute atomic E-state index is 14.8. The molecule has 1 aromatic heterocycles. The SMILES string of the molecule is CCOC(=O)N1CC(C)N([C@H](C)[C@](O)(Cn2cncn2)c2ccc(F)cc2F)CC1C. The number of nitrogens with zero attached hydrogens (tertiary/aromatic N) is 5. The first-order chi connectivity index (χ1) is 14.7. The molecule has 1 amide bonds. The molecule has 3 rings (SSSR count). The molecule has 1 aromatic carbocycles. The van der Waals surface area contributed by atoms with Crippen molar-refractivity contribution in [3.63, 3.8) is 0 Å². The fraction of sp³-hybridized carbons (Fsp3) is 0.571. The maximum Gasteiger partial charge on any atom is 0.410 e. The van der Waals surface area contributed by atoms with Gasteiger partial charge in [0, 0.05) is 42.8 Å². The second kappa shape index (κ2) is 9.27. The number of halogens is 2. The van der Waals surface area contributed by atoms with Crippen LogP contribution in [-0.2, 0) is 16.9 Å². The Kier molecular flexibility index (Phi) is 6.90. The molecule has 1 fully saturated rings. The highest BCUT2D eigenvalue weighted by Crippen LogP contribution is 2.35. The Balaban J connectivity index is 1.93. The molecule has 0 saturated carbocycles. The molecule has 31 heavy (non-hydrogen) atoms. The van der Waals surface area contributed by atoms with E-state index in [1.165, 1.54) is 23.4 Å². The lowest BCUT2D eigenvalue weighted by Crippen LogP contribution is -2.64. The number of carbonyl (C=O) groups excluding carboxylic acids is 1. The molecule has 2 heterocycles. The van der Waals surface area contributed by atoms with Crippen LogP contribution in [0.25, 0.3) is 0 Å². The van der Waals surface area contributed by atoms with Crippen LogP contribution in [0.1, 0.15) is 33.3 Å². The molecule has 10 heteroatoms. The van der Waals surface area contributed by atoms with E-state index in [4.69, 9.17) is 4.74 Å². The van der Waals surface area contributed by atoms with Gasteiger partial charge in [0.2, 0.25) is 0 Å². The van der Waals surface area contributed by atoms with Crippen LogP contribution in [0, 0.1) is 11.6 Å². The fourth-order valence-corrected chi connectivity index (χ4v) is 4.27. The van der Waals surface area contributed by atoms with Crippen molar-refractivity contribution in [1.29, 1.82) is 0 Å². The summed E-state index contributed by atoms with van der Waals surface area (Å²) in [7, 11) is 0. The Morgan fingerprint density at radius 3 is 2.68 bits per heavy atom. The summed E-state index contributed by atoms with van der Waals surface area (Å²) in [6.07, 6.45) is 2.38.